The number of carbonyl (C=O) groups is 3. The standard InChI is InChI=1S/C28H40N4O6S/c1-17-24(39-16-29-17)20-9-7-19(8-10-20)22(15-38-12-11-37-6)31-26(35)23-13-21(34)14-32(23)27(36)25(28(3,4)5)30-18(2)33/h7-10,16,21-23,25,34H,11-15H2,1-6H3,(H,30,33)(H,31,35)/t21-,22+,23?,25-/m1/s1. The number of rotatable bonds is 11. The van der Waals surface area contributed by atoms with Crippen molar-refractivity contribution in [2.75, 3.05) is 33.5 Å². The number of carbonyl (C=O) groups excluding carboxylic acids is 3. The summed E-state index contributed by atoms with van der Waals surface area (Å²) in [5, 5.41) is 16.2. The van der Waals surface area contributed by atoms with E-state index in [1.165, 1.54) is 11.8 Å². The molecule has 11 heteroatoms. The molecule has 39 heavy (non-hydrogen) atoms. The maximum Gasteiger partial charge on any atom is 0.246 e. The lowest BCUT2D eigenvalue weighted by Gasteiger charge is -2.35. The molecule has 0 bridgehead atoms. The van der Waals surface area contributed by atoms with Gasteiger partial charge in [-0.05, 0) is 23.5 Å². The molecule has 1 aliphatic rings. The number of amides is 3. The Morgan fingerprint density at radius 1 is 1.18 bits per heavy atom. The summed E-state index contributed by atoms with van der Waals surface area (Å²) in [6, 6.07) is 5.64. The molecule has 1 aromatic heterocycles. The predicted molar refractivity (Wildman–Crippen MR) is 149 cm³/mol. The summed E-state index contributed by atoms with van der Waals surface area (Å²) in [5.41, 5.74) is 4.05. The molecule has 1 aromatic carbocycles. The predicted octanol–water partition coefficient (Wildman–Crippen LogP) is 2.45. The molecule has 1 saturated heterocycles. The second kappa shape index (κ2) is 13.5. The van der Waals surface area contributed by atoms with Crippen LogP contribution in [0.1, 0.15) is 51.4 Å². The number of aryl methyl sites for hydroxylation is 1. The molecule has 1 unspecified atom stereocenters. The third-order valence-electron chi connectivity index (χ3n) is 6.68. The average molecular weight is 561 g/mol. The molecule has 10 nitrogen and oxygen atoms in total. The number of ether oxygens (including phenoxy) is 2. The molecule has 3 amide bonds. The maximum absolute atomic E-state index is 13.6. The second-order valence-electron chi connectivity index (χ2n) is 10.9. The molecule has 0 spiro atoms. The van der Waals surface area contributed by atoms with Gasteiger partial charge in [0.15, 0.2) is 0 Å². The first-order valence-corrected chi connectivity index (χ1v) is 13.9. The topological polar surface area (TPSA) is 130 Å². The fourth-order valence-electron chi connectivity index (χ4n) is 4.60. The highest BCUT2D eigenvalue weighted by molar-refractivity contribution is 7.13. The van der Waals surface area contributed by atoms with Gasteiger partial charge in [0.1, 0.15) is 12.1 Å². The molecule has 3 rings (SSSR count). The minimum absolute atomic E-state index is 0.0149. The minimum Gasteiger partial charge on any atom is -0.391 e. The number of nitrogens with zero attached hydrogens (tertiary/aromatic N) is 2. The lowest BCUT2D eigenvalue weighted by atomic mass is 9.85. The first-order chi connectivity index (χ1) is 18.4. The SMILES string of the molecule is COCCOC[C@H](NC(=O)C1C[C@@H](O)CN1C(=O)[C@@H](NC(C)=O)C(C)(C)C)c1ccc(-c2scnc2C)cc1. The highest BCUT2D eigenvalue weighted by Crippen LogP contribution is 2.29. The van der Waals surface area contributed by atoms with Gasteiger partial charge in [-0.25, -0.2) is 4.98 Å². The van der Waals surface area contributed by atoms with Crippen LogP contribution in [-0.4, -0.2) is 84.4 Å². The quantitative estimate of drug-likeness (QED) is 0.360. The van der Waals surface area contributed by atoms with E-state index in [-0.39, 0.29) is 25.5 Å². The van der Waals surface area contributed by atoms with Crippen molar-refractivity contribution < 1.29 is 29.0 Å². The Morgan fingerprint density at radius 3 is 2.44 bits per heavy atom. The number of aliphatic hydroxyl groups is 1. The number of β-amino-alcohol motifs (C(OH)–C–C–N with tert-alkyl or cyclic N) is 1. The van der Waals surface area contributed by atoms with E-state index in [9.17, 15) is 19.5 Å². The molecule has 3 N–H and O–H groups in total. The molecule has 0 saturated carbocycles. The number of thiazole rings is 1. The van der Waals surface area contributed by atoms with Crippen molar-refractivity contribution in [3.63, 3.8) is 0 Å². The van der Waals surface area contributed by atoms with Crippen LogP contribution < -0.4 is 10.6 Å². The van der Waals surface area contributed by atoms with Gasteiger partial charge in [-0.15, -0.1) is 11.3 Å². The van der Waals surface area contributed by atoms with E-state index in [2.05, 4.69) is 15.6 Å². The number of aliphatic hydroxyl groups excluding tert-OH is 1. The normalized spacial score (nSPS) is 19.0. The summed E-state index contributed by atoms with van der Waals surface area (Å²) in [4.78, 5) is 45.7. The minimum atomic E-state index is -0.883. The van der Waals surface area contributed by atoms with E-state index >= 15 is 0 Å². The van der Waals surface area contributed by atoms with Crippen LogP contribution in [0.5, 0.6) is 0 Å². The van der Waals surface area contributed by atoms with Crippen molar-refractivity contribution >= 4 is 29.1 Å². The van der Waals surface area contributed by atoms with Gasteiger partial charge in [0.25, 0.3) is 0 Å². The number of hydrogen-bond donors (Lipinski definition) is 3. The summed E-state index contributed by atoms with van der Waals surface area (Å²) in [5.74, 6) is -1.13. The van der Waals surface area contributed by atoms with Crippen LogP contribution in [0.15, 0.2) is 29.8 Å². The zero-order valence-corrected chi connectivity index (χ0v) is 24.3. The summed E-state index contributed by atoms with van der Waals surface area (Å²) in [6.45, 7) is 9.84. The zero-order chi connectivity index (χ0) is 28.7. The van der Waals surface area contributed by atoms with E-state index in [4.69, 9.17) is 9.47 Å². The van der Waals surface area contributed by atoms with Crippen LogP contribution in [0.3, 0.4) is 0 Å². The van der Waals surface area contributed by atoms with Crippen LogP contribution in [-0.2, 0) is 23.9 Å². The fourth-order valence-corrected chi connectivity index (χ4v) is 5.41. The Kier molecular flexibility index (Phi) is 10.6. The molecular weight excluding hydrogens is 520 g/mol. The van der Waals surface area contributed by atoms with Gasteiger partial charge in [-0.1, -0.05) is 45.0 Å². The average Bonchev–Trinajstić information content (AvgIpc) is 3.48. The largest absolute Gasteiger partial charge is 0.391 e. The molecule has 4 atom stereocenters. The molecule has 0 aliphatic carbocycles. The molecule has 214 valence electrons. The van der Waals surface area contributed by atoms with Crippen LogP contribution in [0, 0.1) is 12.3 Å². The van der Waals surface area contributed by atoms with Crippen molar-refractivity contribution in [1.82, 2.24) is 20.5 Å². The van der Waals surface area contributed by atoms with Crippen molar-refractivity contribution in [2.45, 2.75) is 65.3 Å². The van der Waals surface area contributed by atoms with Gasteiger partial charge < -0.3 is 30.1 Å². The molecule has 1 fully saturated rings. The number of hydrogen-bond acceptors (Lipinski definition) is 8. The lowest BCUT2D eigenvalue weighted by Crippen LogP contribution is -2.57. The number of methoxy groups -OCH3 is 1. The third-order valence-corrected chi connectivity index (χ3v) is 7.66. The Balaban J connectivity index is 1.81. The van der Waals surface area contributed by atoms with E-state index in [0.717, 1.165) is 21.7 Å². The van der Waals surface area contributed by atoms with E-state index in [1.807, 2.05) is 57.5 Å². The van der Waals surface area contributed by atoms with Gasteiger partial charge in [-0.2, -0.15) is 0 Å². The van der Waals surface area contributed by atoms with Crippen molar-refractivity contribution in [1.29, 1.82) is 0 Å². The van der Waals surface area contributed by atoms with Crippen LogP contribution in [0.4, 0.5) is 0 Å². The molecule has 0 radical (unpaired) electrons. The summed E-state index contributed by atoms with van der Waals surface area (Å²) in [6.07, 6.45) is -0.740. The van der Waals surface area contributed by atoms with Crippen molar-refractivity contribution in [3.05, 3.63) is 41.0 Å². The van der Waals surface area contributed by atoms with Crippen LogP contribution >= 0.6 is 11.3 Å². The molecule has 2 aromatic rings. The second-order valence-corrected chi connectivity index (χ2v) is 11.8. The van der Waals surface area contributed by atoms with Crippen LogP contribution in [0.2, 0.25) is 0 Å². The van der Waals surface area contributed by atoms with Gasteiger partial charge in [0.2, 0.25) is 17.7 Å². The summed E-state index contributed by atoms with van der Waals surface area (Å²) in [7, 11) is 1.59. The highest BCUT2D eigenvalue weighted by Gasteiger charge is 2.44. The Hall–Kier alpha value is -2.86. The first-order valence-electron chi connectivity index (χ1n) is 13.1. The van der Waals surface area contributed by atoms with Crippen molar-refractivity contribution in [3.8, 4) is 10.4 Å². The Labute approximate surface area is 234 Å². The smallest absolute Gasteiger partial charge is 0.246 e. The summed E-state index contributed by atoms with van der Waals surface area (Å²) >= 11 is 1.57. The Morgan fingerprint density at radius 2 is 1.87 bits per heavy atom. The number of benzene rings is 1. The van der Waals surface area contributed by atoms with Gasteiger partial charge >= 0.3 is 0 Å². The number of nitrogens with one attached hydrogen (secondary N) is 2. The van der Waals surface area contributed by atoms with Gasteiger partial charge in [0.05, 0.1) is 48.0 Å². The van der Waals surface area contributed by atoms with Gasteiger partial charge in [-0.3, -0.25) is 14.4 Å². The summed E-state index contributed by atoms with van der Waals surface area (Å²) < 4.78 is 10.8. The Bertz CT molecular complexity index is 1130. The maximum atomic E-state index is 13.6. The fraction of sp³-hybridized carbons (Fsp3) is 0.571. The van der Waals surface area contributed by atoms with Crippen molar-refractivity contribution in [2.24, 2.45) is 5.41 Å². The van der Waals surface area contributed by atoms with E-state index < -0.39 is 41.5 Å². The monoisotopic (exact) mass is 560 g/mol. The third kappa shape index (κ3) is 8.07. The number of aromatic nitrogens is 1. The zero-order valence-electron chi connectivity index (χ0n) is 23.5. The first kappa shape index (κ1) is 30.7. The molecule has 2 heterocycles. The molecule has 1 aliphatic heterocycles. The number of likely N-dealkylation sites (tertiary alicyclic amines) is 1. The lowest BCUT2D eigenvalue weighted by molar-refractivity contribution is -0.144. The highest BCUT2D eigenvalue weighted by atomic mass is 32.1. The molecular formula is C28H40N4O6S. The van der Waals surface area contributed by atoms with E-state index in [1.54, 1.807) is 18.4 Å². The van der Waals surface area contributed by atoms with E-state index in [0.29, 0.717) is 13.2 Å². The van der Waals surface area contributed by atoms with Gasteiger partial charge in [0, 0.05) is 27.0 Å². The van der Waals surface area contributed by atoms with Crippen LogP contribution in [0.25, 0.3) is 10.4 Å².